The van der Waals surface area contributed by atoms with E-state index in [4.69, 9.17) is 16.3 Å². The van der Waals surface area contributed by atoms with Crippen LogP contribution < -0.4 is 5.32 Å². The fraction of sp³-hybridized carbons (Fsp3) is 0.350. The molecule has 1 N–H and O–H groups in total. The van der Waals surface area contributed by atoms with Crippen LogP contribution in [0.25, 0.3) is 0 Å². The molecule has 1 amide bonds. The van der Waals surface area contributed by atoms with Crippen molar-refractivity contribution < 1.29 is 9.53 Å². The Kier molecular flexibility index (Phi) is 6.79. The minimum absolute atomic E-state index is 0.0652. The van der Waals surface area contributed by atoms with Crippen molar-refractivity contribution >= 4 is 29.3 Å². The highest BCUT2D eigenvalue weighted by atomic mass is 35.5. The zero-order valence-corrected chi connectivity index (χ0v) is 15.6. The SMILES string of the molecule is O=C(CSC(c1ccccc1)c1ccc(Cl)cc1)NC1CCCOC1. The summed E-state index contributed by atoms with van der Waals surface area (Å²) >= 11 is 7.65. The number of rotatable bonds is 6. The third kappa shape index (κ3) is 5.50. The van der Waals surface area contributed by atoms with Crippen LogP contribution in [0.1, 0.15) is 29.2 Å². The zero-order valence-electron chi connectivity index (χ0n) is 14.0. The minimum atomic E-state index is 0.0652. The molecule has 1 saturated heterocycles. The van der Waals surface area contributed by atoms with Crippen LogP contribution in [0.4, 0.5) is 0 Å². The zero-order chi connectivity index (χ0) is 17.5. The molecule has 132 valence electrons. The van der Waals surface area contributed by atoms with E-state index in [1.165, 1.54) is 5.56 Å². The lowest BCUT2D eigenvalue weighted by molar-refractivity contribution is -0.120. The first kappa shape index (κ1) is 18.3. The molecule has 2 atom stereocenters. The van der Waals surface area contributed by atoms with Gasteiger partial charge in [-0.2, -0.15) is 0 Å². The Labute approximate surface area is 158 Å². The van der Waals surface area contributed by atoms with E-state index in [-0.39, 0.29) is 17.2 Å². The number of carbonyl (C=O) groups is 1. The summed E-state index contributed by atoms with van der Waals surface area (Å²) in [7, 11) is 0. The molecule has 3 rings (SSSR count). The van der Waals surface area contributed by atoms with E-state index in [2.05, 4.69) is 17.4 Å². The summed E-state index contributed by atoms with van der Waals surface area (Å²) in [5.41, 5.74) is 2.33. The predicted molar refractivity (Wildman–Crippen MR) is 104 cm³/mol. The van der Waals surface area contributed by atoms with E-state index < -0.39 is 0 Å². The predicted octanol–water partition coefficient (Wildman–Crippen LogP) is 4.46. The number of thioether (sulfide) groups is 1. The first-order valence-corrected chi connectivity index (χ1v) is 9.94. The molecule has 25 heavy (non-hydrogen) atoms. The standard InChI is InChI=1S/C20H22ClNO2S/c21-17-10-8-16(9-11-17)20(15-5-2-1-3-6-15)25-14-19(23)22-18-7-4-12-24-13-18/h1-3,5-6,8-11,18,20H,4,7,12-14H2,(H,22,23). The normalized spacial score (nSPS) is 18.5. The second-order valence-electron chi connectivity index (χ2n) is 6.13. The quantitative estimate of drug-likeness (QED) is 0.810. The second kappa shape index (κ2) is 9.27. The summed E-state index contributed by atoms with van der Waals surface area (Å²) in [5.74, 6) is 0.481. The van der Waals surface area contributed by atoms with E-state index in [0.29, 0.717) is 12.4 Å². The maximum absolute atomic E-state index is 12.3. The lowest BCUT2D eigenvalue weighted by Crippen LogP contribution is -2.41. The van der Waals surface area contributed by atoms with Crippen LogP contribution in [0.2, 0.25) is 5.02 Å². The van der Waals surface area contributed by atoms with Gasteiger partial charge in [0.15, 0.2) is 0 Å². The number of benzene rings is 2. The first-order chi connectivity index (χ1) is 12.2. The Bertz CT molecular complexity index is 672. The Morgan fingerprint density at radius 3 is 2.56 bits per heavy atom. The molecule has 0 radical (unpaired) electrons. The average molecular weight is 376 g/mol. The monoisotopic (exact) mass is 375 g/mol. The summed E-state index contributed by atoms with van der Waals surface area (Å²) in [4.78, 5) is 12.3. The molecule has 0 aliphatic carbocycles. The molecular formula is C20H22ClNO2S. The third-order valence-corrected chi connectivity index (χ3v) is 5.74. The molecule has 2 aromatic rings. The van der Waals surface area contributed by atoms with Crippen LogP contribution in [-0.2, 0) is 9.53 Å². The van der Waals surface area contributed by atoms with Crippen LogP contribution in [0.15, 0.2) is 54.6 Å². The molecule has 0 aromatic heterocycles. The molecule has 0 saturated carbocycles. The Morgan fingerprint density at radius 2 is 1.88 bits per heavy atom. The van der Waals surface area contributed by atoms with Crippen molar-refractivity contribution in [1.29, 1.82) is 0 Å². The van der Waals surface area contributed by atoms with Gasteiger partial charge in [0.25, 0.3) is 0 Å². The van der Waals surface area contributed by atoms with E-state index in [0.717, 1.165) is 30.0 Å². The molecule has 0 spiro atoms. The number of halogens is 1. The molecule has 5 heteroatoms. The molecular weight excluding hydrogens is 354 g/mol. The number of hydrogen-bond donors (Lipinski definition) is 1. The third-order valence-electron chi connectivity index (χ3n) is 4.18. The van der Waals surface area contributed by atoms with Crippen molar-refractivity contribution in [2.75, 3.05) is 19.0 Å². The highest BCUT2D eigenvalue weighted by Gasteiger charge is 2.19. The molecule has 1 heterocycles. The van der Waals surface area contributed by atoms with Crippen LogP contribution in [-0.4, -0.2) is 30.9 Å². The minimum Gasteiger partial charge on any atom is -0.379 e. The summed E-state index contributed by atoms with van der Waals surface area (Å²) in [6, 6.07) is 18.2. The number of ether oxygens (including phenoxy) is 1. The fourth-order valence-corrected chi connectivity index (χ4v) is 4.16. The van der Waals surface area contributed by atoms with E-state index >= 15 is 0 Å². The number of amides is 1. The van der Waals surface area contributed by atoms with Gasteiger partial charge in [0.1, 0.15) is 0 Å². The molecule has 1 aliphatic rings. The van der Waals surface area contributed by atoms with Crippen LogP contribution in [0.3, 0.4) is 0 Å². The topological polar surface area (TPSA) is 38.3 Å². The van der Waals surface area contributed by atoms with E-state index in [9.17, 15) is 4.79 Å². The average Bonchev–Trinajstić information content (AvgIpc) is 2.65. The molecule has 0 bridgehead atoms. The van der Waals surface area contributed by atoms with Crippen molar-refractivity contribution in [3.63, 3.8) is 0 Å². The molecule has 2 aromatic carbocycles. The number of nitrogens with one attached hydrogen (secondary N) is 1. The summed E-state index contributed by atoms with van der Waals surface area (Å²) in [5, 5.41) is 3.90. The lowest BCUT2D eigenvalue weighted by atomic mass is 10.0. The molecule has 2 unspecified atom stereocenters. The Balaban J connectivity index is 1.65. The maximum atomic E-state index is 12.3. The van der Waals surface area contributed by atoms with Crippen LogP contribution >= 0.6 is 23.4 Å². The van der Waals surface area contributed by atoms with Gasteiger partial charge in [-0.25, -0.2) is 0 Å². The van der Waals surface area contributed by atoms with Gasteiger partial charge < -0.3 is 10.1 Å². The van der Waals surface area contributed by atoms with Crippen molar-refractivity contribution in [3.8, 4) is 0 Å². The van der Waals surface area contributed by atoms with Gasteiger partial charge in [0.05, 0.1) is 23.7 Å². The summed E-state index contributed by atoms with van der Waals surface area (Å²) < 4.78 is 5.42. The Hall–Kier alpha value is -1.49. The van der Waals surface area contributed by atoms with Crippen molar-refractivity contribution in [3.05, 3.63) is 70.7 Å². The molecule has 3 nitrogen and oxygen atoms in total. The fourth-order valence-electron chi connectivity index (χ4n) is 2.93. The van der Waals surface area contributed by atoms with Gasteiger partial charge >= 0.3 is 0 Å². The van der Waals surface area contributed by atoms with Gasteiger partial charge in [-0.15, -0.1) is 11.8 Å². The Morgan fingerprint density at radius 1 is 1.16 bits per heavy atom. The summed E-state index contributed by atoms with van der Waals surface area (Å²) in [6.45, 7) is 1.42. The van der Waals surface area contributed by atoms with Crippen molar-refractivity contribution in [1.82, 2.24) is 5.32 Å². The van der Waals surface area contributed by atoms with Gasteiger partial charge in [-0.05, 0) is 36.1 Å². The number of carbonyl (C=O) groups excluding carboxylic acids is 1. The highest BCUT2D eigenvalue weighted by Crippen LogP contribution is 2.35. The number of hydrogen-bond acceptors (Lipinski definition) is 3. The maximum Gasteiger partial charge on any atom is 0.230 e. The van der Waals surface area contributed by atoms with Gasteiger partial charge in [0.2, 0.25) is 5.91 Å². The van der Waals surface area contributed by atoms with Crippen LogP contribution in [0.5, 0.6) is 0 Å². The van der Waals surface area contributed by atoms with E-state index in [1.807, 2.05) is 42.5 Å². The summed E-state index contributed by atoms with van der Waals surface area (Å²) in [6.07, 6.45) is 2.01. The van der Waals surface area contributed by atoms with Crippen molar-refractivity contribution in [2.45, 2.75) is 24.1 Å². The lowest BCUT2D eigenvalue weighted by Gasteiger charge is -2.24. The largest absolute Gasteiger partial charge is 0.379 e. The van der Waals surface area contributed by atoms with Crippen molar-refractivity contribution in [2.24, 2.45) is 0 Å². The smallest absolute Gasteiger partial charge is 0.230 e. The molecule has 1 aliphatic heterocycles. The van der Waals surface area contributed by atoms with Crippen LogP contribution in [0, 0.1) is 0 Å². The van der Waals surface area contributed by atoms with Gasteiger partial charge in [-0.3, -0.25) is 4.79 Å². The van der Waals surface area contributed by atoms with Gasteiger partial charge in [-0.1, -0.05) is 54.1 Å². The second-order valence-corrected chi connectivity index (χ2v) is 7.66. The van der Waals surface area contributed by atoms with E-state index in [1.54, 1.807) is 11.8 Å². The van der Waals surface area contributed by atoms with Gasteiger partial charge in [0, 0.05) is 11.6 Å². The highest BCUT2D eigenvalue weighted by molar-refractivity contribution is 8.00. The first-order valence-electron chi connectivity index (χ1n) is 8.51. The molecule has 1 fully saturated rings.